The fourth-order valence-corrected chi connectivity index (χ4v) is 3.71. The van der Waals surface area contributed by atoms with E-state index < -0.39 is 10.8 Å². The minimum atomic E-state index is -0.586. The minimum absolute atomic E-state index is 0.142. The Morgan fingerprint density at radius 2 is 0.683 bits per heavy atom. The van der Waals surface area contributed by atoms with Gasteiger partial charge in [-0.2, -0.15) is 0 Å². The van der Waals surface area contributed by atoms with Crippen LogP contribution in [0.4, 0.5) is 0 Å². The SMILES string of the molecule is COCCOCC(COCCOC)(COCCOC)COCC(COCCOC)(COCCOC)COCC1CO1. The molecule has 0 amide bonds. The van der Waals surface area contributed by atoms with Gasteiger partial charge in [-0.3, -0.25) is 0 Å². The first kappa shape index (κ1) is 38.5. The molecule has 0 N–H and O–H groups in total. The largest absolute Gasteiger partial charge is 0.382 e. The first-order valence-corrected chi connectivity index (χ1v) is 14.2. The molecule has 0 radical (unpaired) electrons. The molecule has 1 aliphatic rings. The number of hydrogen-bond donors (Lipinski definition) is 0. The predicted octanol–water partition coefficient (Wildman–Crippen LogP) is 0.706. The highest BCUT2D eigenvalue weighted by atomic mass is 16.6. The van der Waals surface area contributed by atoms with Gasteiger partial charge >= 0.3 is 0 Å². The lowest BCUT2D eigenvalue weighted by molar-refractivity contribution is -0.148. The standard InChI is InChI=1S/C28H56O13/c1-29-6-11-34-18-27(19-35-12-7-30-2,20-36-13-8-31-3)24-40-25-28(21-37-14-9-32-4,22-38-15-10-33-5)23-39-16-26-17-41-26/h26H,6-25H2,1-5H3. The summed E-state index contributed by atoms with van der Waals surface area (Å²) in [5.74, 6) is 0. The van der Waals surface area contributed by atoms with Crippen molar-refractivity contribution in [3.63, 3.8) is 0 Å². The molecule has 1 atom stereocenters. The third-order valence-electron chi connectivity index (χ3n) is 6.13. The summed E-state index contributed by atoms with van der Waals surface area (Å²) in [5.41, 5.74) is -1.16. The molecule has 0 aliphatic carbocycles. The van der Waals surface area contributed by atoms with Gasteiger partial charge in [0, 0.05) is 35.5 Å². The Hall–Kier alpha value is -0.520. The second-order valence-corrected chi connectivity index (χ2v) is 10.2. The van der Waals surface area contributed by atoms with Gasteiger partial charge in [0.15, 0.2) is 0 Å². The van der Waals surface area contributed by atoms with E-state index in [1.165, 1.54) is 0 Å². The van der Waals surface area contributed by atoms with Crippen molar-refractivity contribution in [1.29, 1.82) is 0 Å². The van der Waals surface area contributed by atoms with Crippen molar-refractivity contribution in [2.75, 3.05) is 168 Å². The maximum absolute atomic E-state index is 6.46. The van der Waals surface area contributed by atoms with Crippen LogP contribution in [0.3, 0.4) is 0 Å². The Morgan fingerprint density at radius 1 is 0.415 bits per heavy atom. The van der Waals surface area contributed by atoms with Crippen molar-refractivity contribution < 1.29 is 61.6 Å². The zero-order chi connectivity index (χ0) is 29.9. The van der Waals surface area contributed by atoms with Crippen LogP contribution >= 0.6 is 0 Å². The van der Waals surface area contributed by atoms with E-state index in [1.807, 2.05) is 0 Å². The van der Waals surface area contributed by atoms with Crippen molar-refractivity contribution in [3.05, 3.63) is 0 Å². The molecule has 41 heavy (non-hydrogen) atoms. The van der Waals surface area contributed by atoms with E-state index in [0.29, 0.717) is 126 Å². The molecule has 1 heterocycles. The van der Waals surface area contributed by atoms with Crippen molar-refractivity contribution in [3.8, 4) is 0 Å². The highest BCUT2D eigenvalue weighted by Crippen LogP contribution is 2.26. The van der Waals surface area contributed by atoms with Crippen molar-refractivity contribution >= 4 is 0 Å². The smallest absolute Gasteiger partial charge is 0.104 e. The maximum Gasteiger partial charge on any atom is 0.104 e. The van der Waals surface area contributed by atoms with E-state index in [-0.39, 0.29) is 6.10 Å². The van der Waals surface area contributed by atoms with Gasteiger partial charge in [0.05, 0.1) is 143 Å². The number of epoxide rings is 1. The zero-order valence-corrected chi connectivity index (χ0v) is 26.0. The average Bonchev–Trinajstić information content (AvgIpc) is 3.81. The lowest BCUT2D eigenvalue weighted by Gasteiger charge is -2.36. The molecule has 1 fully saturated rings. The fourth-order valence-electron chi connectivity index (χ4n) is 3.71. The molecule has 1 aliphatic heterocycles. The summed E-state index contributed by atoms with van der Waals surface area (Å²) in [5, 5.41) is 0. The van der Waals surface area contributed by atoms with E-state index in [9.17, 15) is 0 Å². The fraction of sp³-hybridized carbons (Fsp3) is 1.00. The summed E-state index contributed by atoms with van der Waals surface area (Å²) in [7, 11) is 8.21. The number of methoxy groups -OCH3 is 5. The molecule has 1 rings (SSSR count). The summed E-state index contributed by atoms with van der Waals surface area (Å²) in [6.07, 6.45) is 0.142. The molecule has 0 aromatic carbocycles. The van der Waals surface area contributed by atoms with Crippen LogP contribution in [0.25, 0.3) is 0 Å². The molecular weight excluding hydrogens is 544 g/mol. The minimum Gasteiger partial charge on any atom is -0.382 e. The van der Waals surface area contributed by atoms with E-state index in [4.69, 9.17) is 61.6 Å². The van der Waals surface area contributed by atoms with Gasteiger partial charge in [-0.25, -0.2) is 0 Å². The van der Waals surface area contributed by atoms with Crippen molar-refractivity contribution in [2.45, 2.75) is 6.10 Å². The van der Waals surface area contributed by atoms with Gasteiger partial charge in [-0.1, -0.05) is 0 Å². The highest BCUT2D eigenvalue weighted by molar-refractivity contribution is 4.83. The average molecular weight is 601 g/mol. The normalized spacial score (nSPS) is 15.6. The molecule has 0 aromatic heterocycles. The van der Waals surface area contributed by atoms with Gasteiger partial charge in [0.25, 0.3) is 0 Å². The van der Waals surface area contributed by atoms with Crippen molar-refractivity contribution in [1.82, 2.24) is 0 Å². The van der Waals surface area contributed by atoms with E-state index >= 15 is 0 Å². The van der Waals surface area contributed by atoms with Crippen molar-refractivity contribution in [2.24, 2.45) is 10.8 Å². The third-order valence-corrected chi connectivity index (χ3v) is 6.13. The molecule has 1 saturated heterocycles. The van der Waals surface area contributed by atoms with Crippen LogP contribution in [0.1, 0.15) is 0 Å². The lowest BCUT2D eigenvalue weighted by atomic mass is 9.90. The van der Waals surface area contributed by atoms with E-state index in [0.717, 1.165) is 6.61 Å². The highest BCUT2D eigenvalue weighted by Gasteiger charge is 2.37. The summed E-state index contributed by atoms with van der Waals surface area (Å²) in [4.78, 5) is 0. The van der Waals surface area contributed by atoms with Crippen LogP contribution in [0, 0.1) is 10.8 Å². The van der Waals surface area contributed by atoms with Crippen LogP contribution in [-0.4, -0.2) is 174 Å². The van der Waals surface area contributed by atoms with Crippen LogP contribution in [0.2, 0.25) is 0 Å². The molecule has 246 valence electrons. The molecule has 0 spiro atoms. The van der Waals surface area contributed by atoms with Gasteiger partial charge in [0.1, 0.15) is 6.10 Å². The molecule has 0 bridgehead atoms. The summed E-state index contributed by atoms with van der Waals surface area (Å²) in [6.45, 7) is 8.63. The summed E-state index contributed by atoms with van der Waals surface area (Å²) in [6, 6.07) is 0. The summed E-state index contributed by atoms with van der Waals surface area (Å²) < 4.78 is 73.5. The first-order chi connectivity index (χ1) is 20.1. The van der Waals surface area contributed by atoms with Crippen LogP contribution in [0.15, 0.2) is 0 Å². The first-order valence-electron chi connectivity index (χ1n) is 14.2. The Labute approximate surface area is 246 Å². The zero-order valence-electron chi connectivity index (χ0n) is 26.0. The Morgan fingerprint density at radius 3 is 0.951 bits per heavy atom. The van der Waals surface area contributed by atoms with Gasteiger partial charge in [-0.05, 0) is 0 Å². The maximum atomic E-state index is 6.46. The van der Waals surface area contributed by atoms with Gasteiger partial charge in [0.2, 0.25) is 0 Å². The van der Waals surface area contributed by atoms with Crippen LogP contribution in [-0.2, 0) is 61.6 Å². The van der Waals surface area contributed by atoms with Crippen LogP contribution in [0.5, 0.6) is 0 Å². The monoisotopic (exact) mass is 600 g/mol. The molecule has 0 saturated carbocycles. The Kier molecular flexibility index (Phi) is 24.4. The topological polar surface area (TPSA) is 123 Å². The van der Waals surface area contributed by atoms with Crippen LogP contribution < -0.4 is 0 Å². The third kappa shape index (κ3) is 20.1. The van der Waals surface area contributed by atoms with Gasteiger partial charge in [-0.15, -0.1) is 0 Å². The molecule has 1 unspecified atom stereocenters. The summed E-state index contributed by atoms with van der Waals surface area (Å²) >= 11 is 0. The number of rotatable bonds is 33. The lowest BCUT2D eigenvalue weighted by Crippen LogP contribution is -2.46. The number of hydrogen-bond acceptors (Lipinski definition) is 13. The second kappa shape index (κ2) is 25.9. The molecular formula is C28H56O13. The van der Waals surface area contributed by atoms with Gasteiger partial charge < -0.3 is 61.6 Å². The molecule has 13 heteroatoms. The quantitative estimate of drug-likeness (QED) is 0.0777. The van der Waals surface area contributed by atoms with E-state index in [1.54, 1.807) is 35.5 Å². The number of ether oxygens (including phenoxy) is 13. The second-order valence-electron chi connectivity index (χ2n) is 10.2. The Bertz CT molecular complexity index is 522. The Balaban J connectivity index is 2.99. The predicted molar refractivity (Wildman–Crippen MR) is 150 cm³/mol. The van der Waals surface area contributed by atoms with E-state index in [2.05, 4.69) is 0 Å². The molecule has 13 nitrogen and oxygen atoms in total. The molecule has 0 aromatic rings.